The number of hydrogen-bond acceptors (Lipinski definition) is 3. The van der Waals surface area contributed by atoms with Crippen molar-refractivity contribution < 1.29 is 14.3 Å². The van der Waals surface area contributed by atoms with Gasteiger partial charge in [-0.25, -0.2) is 4.79 Å². The molecule has 1 aliphatic carbocycles. The van der Waals surface area contributed by atoms with E-state index in [0.29, 0.717) is 0 Å². The Hall–Kier alpha value is -1.26. The summed E-state index contributed by atoms with van der Waals surface area (Å²) >= 11 is 11.9. The van der Waals surface area contributed by atoms with Crippen LogP contribution in [0.25, 0.3) is 0 Å². The lowest BCUT2D eigenvalue weighted by Crippen LogP contribution is -2.39. The predicted molar refractivity (Wildman–Crippen MR) is 98.0 cm³/mol. The Morgan fingerprint density at radius 3 is 2.68 bits per heavy atom. The van der Waals surface area contributed by atoms with Gasteiger partial charge in [0.1, 0.15) is 0 Å². The maximum Gasteiger partial charge on any atom is 0.340 e. The second-order valence-corrected chi connectivity index (χ2v) is 9.20. The first-order valence-electron chi connectivity index (χ1n) is 8.51. The summed E-state index contributed by atoms with van der Waals surface area (Å²) in [6, 6.07) is 4.99. The SMILES string of the molecule is CC1(C)C[C@H]2C[C@](C)(CN2C(=O)COC(=O)c2cccc(Cl)c2Cl)C1. The zero-order valence-corrected chi connectivity index (χ0v) is 16.3. The lowest BCUT2D eigenvalue weighted by molar-refractivity contribution is -0.135. The Labute approximate surface area is 158 Å². The van der Waals surface area contributed by atoms with Crippen molar-refractivity contribution in [3.8, 4) is 0 Å². The Bertz CT molecular complexity index is 719. The van der Waals surface area contributed by atoms with Crippen molar-refractivity contribution in [1.29, 1.82) is 0 Å². The number of fused-ring (bicyclic) bond motifs is 2. The van der Waals surface area contributed by atoms with Crippen LogP contribution in [0.3, 0.4) is 0 Å². The number of carbonyl (C=O) groups excluding carboxylic acids is 2. The van der Waals surface area contributed by atoms with Gasteiger partial charge in [-0.15, -0.1) is 0 Å². The molecule has 3 rings (SSSR count). The molecule has 2 aliphatic rings. The van der Waals surface area contributed by atoms with E-state index in [2.05, 4.69) is 20.8 Å². The fourth-order valence-corrected chi connectivity index (χ4v) is 5.08. The Morgan fingerprint density at radius 1 is 1.24 bits per heavy atom. The maximum absolute atomic E-state index is 12.6. The Kier molecular flexibility index (Phi) is 4.80. The molecule has 1 aliphatic heterocycles. The molecule has 1 saturated carbocycles. The fourth-order valence-electron chi connectivity index (χ4n) is 4.70. The standard InChI is InChI=1S/C19H23Cl2NO3/c1-18(2)7-12-8-19(3,10-18)11-22(12)15(23)9-25-17(24)13-5-4-6-14(20)16(13)21/h4-6,12H,7-11H2,1-3H3/t12-,19-/m0/s1. The molecule has 0 aromatic heterocycles. The number of nitrogens with zero attached hydrogens (tertiary/aromatic N) is 1. The molecule has 1 amide bonds. The summed E-state index contributed by atoms with van der Waals surface area (Å²) in [6.07, 6.45) is 3.12. The first-order chi connectivity index (χ1) is 11.6. The smallest absolute Gasteiger partial charge is 0.340 e. The normalized spacial score (nSPS) is 27.2. The van der Waals surface area contributed by atoms with E-state index in [4.69, 9.17) is 27.9 Å². The molecule has 0 spiro atoms. The molecular weight excluding hydrogens is 361 g/mol. The minimum Gasteiger partial charge on any atom is -0.452 e. The van der Waals surface area contributed by atoms with Crippen LogP contribution in [0.15, 0.2) is 18.2 Å². The van der Waals surface area contributed by atoms with Crippen LogP contribution in [0.4, 0.5) is 0 Å². The quantitative estimate of drug-likeness (QED) is 0.717. The van der Waals surface area contributed by atoms with Crippen LogP contribution >= 0.6 is 23.2 Å². The average Bonchev–Trinajstić information content (AvgIpc) is 2.76. The van der Waals surface area contributed by atoms with Gasteiger partial charge in [-0.3, -0.25) is 4.79 Å². The number of likely N-dealkylation sites (tertiary alicyclic amines) is 1. The van der Waals surface area contributed by atoms with E-state index in [0.717, 1.165) is 25.8 Å². The first kappa shape index (κ1) is 18.5. The number of amides is 1. The number of ether oxygens (including phenoxy) is 1. The molecule has 1 saturated heterocycles. The molecule has 25 heavy (non-hydrogen) atoms. The minimum atomic E-state index is -0.630. The number of esters is 1. The number of carbonyl (C=O) groups is 2. The maximum atomic E-state index is 12.6. The summed E-state index contributed by atoms with van der Waals surface area (Å²) in [7, 11) is 0. The molecule has 6 heteroatoms. The van der Waals surface area contributed by atoms with Crippen molar-refractivity contribution in [1.82, 2.24) is 4.90 Å². The van der Waals surface area contributed by atoms with Gasteiger partial charge < -0.3 is 9.64 Å². The van der Waals surface area contributed by atoms with Crippen LogP contribution in [-0.2, 0) is 9.53 Å². The Balaban J connectivity index is 1.64. The third-order valence-electron chi connectivity index (χ3n) is 5.23. The highest BCUT2D eigenvalue weighted by Crippen LogP contribution is 2.52. The van der Waals surface area contributed by atoms with Gasteiger partial charge in [-0.2, -0.15) is 0 Å². The fraction of sp³-hybridized carbons (Fsp3) is 0.579. The minimum absolute atomic E-state index is 0.141. The van der Waals surface area contributed by atoms with Crippen molar-refractivity contribution >= 4 is 35.1 Å². The zero-order chi connectivity index (χ0) is 18.4. The van der Waals surface area contributed by atoms with Gasteiger partial charge in [0.25, 0.3) is 5.91 Å². The molecule has 4 nitrogen and oxygen atoms in total. The number of halogens is 2. The molecule has 136 valence electrons. The summed E-state index contributed by atoms with van der Waals surface area (Å²) in [5, 5.41) is 0.429. The van der Waals surface area contributed by atoms with Crippen LogP contribution in [0.1, 0.15) is 50.4 Å². The highest BCUT2D eigenvalue weighted by Gasteiger charge is 2.50. The topological polar surface area (TPSA) is 46.6 Å². The molecule has 2 fully saturated rings. The lowest BCUT2D eigenvalue weighted by atomic mass is 9.65. The first-order valence-corrected chi connectivity index (χ1v) is 9.26. The average molecular weight is 384 g/mol. The molecule has 1 aromatic carbocycles. The van der Waals surface area contributed by atoms with Crippen LogP contribution < -0.4 is 0 Å². The second-order valence-electron chi connectivity index (χ2n) is 8.41. The molecule has 1 aromatic rings. The summed E-state index contributed by atoms with van der Waals surface area (Å²) in [4.78, 5) is 26.7. The van der Waals surface area contributed by atoms with Crippen molar-refractivity contribution in [2.75, 3.05) is 13.2 Å². The van der Waals surface area contributed by atoms with E-state index < -0.39 is 5.97 Å². The molecule has 2 atom stereocenters. The highest BCUT2D eigenvalue weighted by atomic mass is 35.5. The van der Waals surface area contributed by atoms with Gasteiger partial charge >= 0.3 is 5.97 Å². The molecular formula is C19H23Cl2NO3. The van der Waals surface area contributed by atoms with Crippen molar-refractivity contribution in [2.24, 2.45) is 10.8 Å². The summed E-state index contributed by atoms with van der Waals surface area (Å²) in [5.41, 5.74) is 0.565. The summed E-state index contributed by atoms with van der Waals surface area (Å²) in [5.74, 6) is -0.771. The van der Waals surface area contributed by atoms with Gasteiger partial charge in [0, 0.05) is 12.6 Å². The van der Waals surface area contributed by atoms with E-state index in [1.54, 1.807) is 12.1 Å². The number of benzene rings is 1. The van der Waals surface area contributed by atoms with Gasteiger partial charge in [-0.05, 0) is 42.2 Å². The van der Waals surface area contributed by atoms with Crippen molar-refractivity contribution in [3.63, 3.8) is 0 Å². The van der Waals surface area contributed by atoms with Crippen LogP contribution in [0, 0.1) is 10.8 Å². The van der Waals surface area contributed by atoms with E-state index in [9.17, 15) is 9.59 Å². The Morgan fingerprint density at radius 2 is 1.96 bits per heavy atom. The van der Waals surface area contributed by atoms with E-state index in [1.165, 1.54) is 6.07 Å². The van der Waals surface area contributed by atoms with Crippen LogP contribution in [-0.4, -0.2) is 36.0 Å². The monoisotopic (exact) mass is 383 g/mol. The molecule has 0 radical (unpaired) electrons. The lowest BCUT2D eigenvalue weighted by Gasteiger charge is -2.39. The zero-order valence-electron chi connectivity index (χ0n) is 14.8. The van der Waals surface area contributed by atoms with Crippen LogP contribution in [0.2, 0.25) is 10.0 Å². The molecule has 0 N–H and O–H groups in total. The molecule has 1 heterocycles. The summed E-state index contributed by atoms with van der Waals surface area (Å²) in [6.45, 7) is 7.22. The van der Waals surface area contributed by atoms with Crippen LogP contribution in [0.5, 0.6) is 0 Å². The number of rotatable bonds is 3. The largest absolute Gasteiger partial charge is 0.452 e. The van der Waals surface area contributed by atoms with Crippen molar-refractivity contribution in [2.45, 2.75) is 46.1 Å². The van der Waals surface area contributed by atoms with Gasteiger partial charge in [0.05, 0.1) is 15.6 Å². The molecule has 2 bridgehead atoms. The highest BCUT2D eigenvalue weighted by molar-refractivity contribution is 6.43. The summed E-state index contributed by atoms with van der Waals surface area (Å²) < 4.78 is 5.20. The van der Waals surface area contributed by atoms with Crippen molar-refractivity contribution in [3.05, 3.63) is 33.8 Å². The van der Waals surface area contributed by atoms with E-state index in [1.807, 2.05) is 4.90 Å². The third kappa shape index (κ3) is 3.80. The number of hydrogen-bond donors (Lipinski definition) is 0. The van der Waals surface area contributed by atoms with Gasteiger partial charge in [0.15, 0.2) is 6.61 Å². The second kappa shape index (κ2) is 6.48. The van der Waals surface area contributed by atoms with Gasteiger partial charge in [0.2, 0.25) is 0 Å². The predicted octanol–water partition coefficient (Wildman–Crippen LogP) is 4.58. The third-order valence-corrected chi connectivity index (χ3v) is 6.05. The van der Waals surface area contributed by atoms with Gasteiger partial charge in [-0.1, -0.05) is 50.0 Å². The van der Waals surface area contributed by atoms with E-state index in [-0.39, 0.29) is 45.0 Å². The van der Waals surface area contributed by atoms with E-state index >= 15 is 0 Å². The molecule has 0 unspecified atom stereocenters.